The molecule has 4 nitrogen and oxygen atoms in total. The van der Waals surface area contributed by atoms with Crippen LogP contribution in [0.15, 0.2) is 0 Å². The molecule has 1 saturated carbocycles. The molecule has 0 spiro atoms. The molecule has 2 aliphatic rings. The van der Waals surface area contributed by atoms with E-state index in [1.165, 1.54) is 25.7 Å². The van der Waals surface area contributed by atoms with E-state index in [0.717, 1.165) is 13.1 Å². The lowest BCUT2D eigenvalue weighted by molar-refractivity contribution is -0.135. The number of rotatable bonds is 2. The molecule has 0 aromatic carbocycles. The van der Waals surface area contributed by atoms with Gasteiger partial charge in [-0.15, -0.1) is 0 Å². The molecule has 0 bridgehead atoms. The highest BCUT2D eigenvalue weighted by molar-refractivity contribution is 5.78. The van der Waals surface area contributed by atoms with E-state index in [0.29, 0.717) is 18.6 Å². The maximum absolute atomic E-state index is 11.6. The summed E-state index contributed by atoms with van der Waals surface area (Å²) < 4.78 is 0. The van der Waals surface area contributed by atoms with Crippen LogP contribution < -0.4 is 5.32 Å². The first-order valence-corrected chi connectivity index (χ1v) is 6.36. The zero-order valence-electron chi connectivity index (χ0n) is 10.4. The number of carbonyl (C=O) groups is 1. The lowest BCUT2D eigenvalue weighted by atomic mass is 9.90. The zero-order valence-corrected chi connectivity index (χ0v) is 10.4. The van der Waals surface area contributed by atoms with E-state index in [1.807, 2.05) is 19.0 Å². The van der Waals surface area contributed by atoms with Crippen molar-refractivity contribution in [1.82, 2.24) is 15.1 Å². The molecule has 0 aromatic rings. The molecule has 1 aliphatic heterocycles. The third-order valence-electron chi connectivity index (χ3n) is 4.11. The first-order valence-electron chi connectivity index (χ1n) is 6.36. The van der Waals surface area contributed by atoms with Gasteiger partial charge < -0.3 is 10.2 Å². The summed E-state index contributed by atoms with van der Waals surface area (Å²) >= 11 is 0. The predicted molar refractivity (Wildman–Crippen MR) is 64.3 cm³/mol. The second kappa shape index (κ2) is 5.15. The highest BCUT2D eigenvalue weighted by Crippen LogP contribution is 2.23. The van der Waals surface area contributed by atoms with Gasteiger partial charge in [0.1, 0.15) is 0 Å². The van der Waals surface area contributed by atoms with Crippen LogP contribution in [0.1, 0.15) is 25.7 Å². The Bertz CT molecular complexity index is 249. The van der Waals surface area contributed by atoms with Gasteiger partial charge in [-0.2, -0.15) is 0 Å². The molecule has 0 unspecified atom stereocenters. The Hall–Kier alpha value is -0.610. The van der Waals surface area contributed by atoms with Crippen LogP contribution in [0, 0.1) is 0 Å². The number of likely N-dealkylation sites (N-methyl/N-ethyl adjacent to an activating group) is 1. The van der Waals surface area contributed by atoms with Crippen molar-refractivity contribution in [3.8, 4) is 0 Å². The number of hydrogen-bond acceptors (Lipinski definition) is 3. The van der Waals surface area contributed by atoms with Crippen molar-refractivity contribution in [2.24, 2.45) is 0 Å². The highest BCUT2D eigenvalue weighted by atomic mass is 16.2. The van der Waals surface area contributed by atoms with Crippen LogP contribution in [0.3, 0.4) is 0 Å². The Labute approximate surface area is 98.0 Å². The molecule has 0 atom stereocenters. The average molecular weight is 225 g/mol. The molecule has 1 heterocycles. The topological polar surface area (TPSA) is 35.6 Å². The summed E-state index contributed by atoms with van der Waals surface area (Å²) in [6.45, 7) is 2.58. The average Bonchev–Trinajstić information content (AvgIpc) is 2.33. The van der Waals surface area contributed by atoms with Crippen molar-refractivity contribution in [3.63, 3.8) is 0 Å². The van der Waals surface area contributed by atoms with Crippen LogP contribution in [0.5, 0.6) is 0 Å². The van der Waals surface area contributed by atoms with Crippen molar-refractivity contribution in [2.45, 2.75) is 37.8 Å². The number of amides is 1. The number of hydrogen-bond donors (Lipinski definition) is 1. The van der Waals surface area contributed by atoms with Gasteiger partial charge in [-0.25, -0.2) is 0 Å². The molecular weight excluding hydrogens is 202 g/mol. The SMILES string of the molecule is CNC1CCC(N2CCN(C)C(=O)C2)CC1. The van der Waals surface area contributed by atoms with Crippen LogP contribution in [0.2, 0.25) is 0 Å². The number of carbonyl (C=O) groups excluding carboxylic acids is 1. The predicted octanol–water partition coefficient (Wildman–Crippen LogP) is 0.291. The molecular formula is C12H23N3O. The van der Waals surface area contributed by atoms with Crippen molar-refractivity contribution < 1.29 is 4.79 Å². The van der Waals surface area contributed by atoms with Crippen molar-refractivity contribution in [3.05, 3.63) is 0 Å². The Morgan fingerprint density at radius 1 is 1.19 bits per heavy atom. The minimum Gasteiger partial charge on any atom is -0.343 e. The summed E-state index contributed by atoms with van der Waals surface area (Å²) in [5.74, 6) is 0.280. The number of piperazine rings is 1. The molecule has 2 fully saturated rings. The van der Waals surface area contributed by atoms with Gasteiger partial charge in [0.15, 0.2) is 0 Å². The van der Waals surface area contributed by atoms with E-state index in [1.54, 1.807) is 0 Å². The maximum atomic E-state index is 11.6. The molecule has 1 saturated heterocycles. The molecule has 1 N–H and O–H groups in total. The molecule has 16 heavy (non-hydrogen) atoms. The van der Waals surface area contributed by atoms with E-state index < -0.39 is 0 Å². The molecule has 1 aliphatic carbocycles. The fourth-order valence-corrected chi connectivity index (χ4v) is 2.82. The summed E-state index contributed by atoms with van der Waals surface area (Å²) in [5, 5.41) is 3.35. The zero-order chi connectivity index (χ0) is 11.5. The van der Waals surface area contributed by atoms with E-state index in [4.69, 9.17) is 0 Å². The minimum atomic E-state index is 0.280. The van der Waals surface area contributed by atoms with Gasteiger partial charge in [-0.3, -0.25) is 9.69 Å². The lowest BCUT2D eigenvalue weighted by Gasteiger charge is -2.40. The largest absolute Gasteiger partial charge is 0.343 e. The first-order chi connectivity index (χ1) is 7.70. The quantitative estimate of drug-likeness (QED) is 0.734. The van der Waals surface area contributed by atoms with E-state index in [-0.39, 0.29) is 5.91 Å². The summed E-state index contributed by atoms with van der Waals surface area (Å²) in [5.41, 5.74) is 0. The van der Waals surface area contributed by atoms with E-state index >= 15 is 0 Å². The first kappa shape index (κ1) is 11.9. The Kier molecular flexibility index (Phi) is 3.82. The summed E-state index contributed by atoms with van der Waals surface area (Å²) in [7, 11) is 3.95. The van der Waals surface area contributed by atoms with Crippen LogP contribution in [0.25, 0.3) is 0 Å². The fraction of sp³-hybridized carbons (Fsp3) is 0.917. The van der Waals surface area contributed by atoms with Gasteiger partial charge in [0, 0.05) is 32.2 Å². The highest BCUT2D eigenvalue weighted by Gasteiger charge is 2.29. The molecule has 92 valence electrons. The summed E-state index contributed by atoms with van der Waals surface area (Å²) in [6, 6.07) is 1.33. The Balaban J connectivity index is 1.83. The second-order valence-corrected chi connectivity index (χ2v) is 5.08. The molecule has 4 heteroatoms. The molecule has 2 rings (SSSR count). The van der Waals surface area contributed by atoms with Gasteiger partial charge in [-0.05, 0) is 32.7 Å². The van der Waals surface area contributed by atoms with Crippen LogP contribution in [0.4, 0.5) is 0 Å². The van der Waals surface area contributed by atoms with Gasteiger partial charge in [0.2, 0.25) is 5.91 Å². The molecule has 0 aromatic heterocycles. The normalized spacial score (nSPS) is 33.1. The minimum absolute atomic E-state index is 0.280. The van der Waals surface area contributed by atoms with Gasteiger partial charge in [0.05, 0.1) is 6.54 Å². The van der Waals surface area contributed by atoms with Gasteiger partial charge in [-0.1, -0.05) is 0 Å². The second-order valence-electron chi connectivity index (χ2n) is 5.08. The summed E-state index contributed by atoms with van der Waals surface area (Å²) in [6.07, 6.45) is 4.98. The fourth-order valence-electron chi connectivity index (χ4n) is 2.82. The molecule has 1 amide bonds. The van der Waals surface area contributed by atoms with Crippen LogP contribution in [-0.4, -0.2) is 61.5 Å². The lowest BCUT2D eigenvalue weighted by Crippen LogP contribution is -2.53. The van der Waals surface area contributed by atoms with Crippen LogP contribution >= 0.6 is 0 Å². The standard InChI is InChI=1S/C12H23N3O/c1-13-10-3-5-11(6-4-10)15-8-7-14(2)12(16)9-15/h10-11,13H,3-9H2,1-2H3. The van der Waals surface area contributed by atoms with Gasteiger partial charge in [0.25, 0.3) is 0 Å². The Morgan fingerprint density at radius 2 is 1.88 bits per heavy atom. The molecule has 0 radical (unpaired) electrons. The third-order valence-corrected chi connectivity index (χ3v) is 4.11. The monoisotopic (exact) mass is 225 g/mol. The number of nitrogens with one attached hydrogen (secondary N) is 1. The summed E-state index contributed by atoms with van der Waals surface area (Å²) in [4.78, 5) is 15.9. The van der Waals surface area contributed by atoms with E-state index in [2.05, 4.69) is 10.2 Å². The Morgan fingerprint density at radius 3 is 2.44 bits per heavy atom. The van der Waals surface area contributed by atoms with Crippen LogP contribution in [-0.2, 0) is 4.79 Å². The number of nitrogens with zero attached hydrogens (tertiary/aromatic N) is 2. The van der Waals surface area contributed by atoms with Crippen molar-refractivity contribution >= 4 is 5.91 Å². The van der Waals surface area contributed by atoms with Crippen molar-refractivity contribution in [1.29, 1.82) is 0 Å². The van der Waals surface area contributed by atoms with Gasteiger partial charge >= 0.3 is 0 Å². The van der Waals surface area contributed by atoms with E-state index in [9.17, 15) is 4.79 Å². The maximum Gasteiger partial charge on any atom is 0.236 e. The third kappa shape index (κ3) is 2.55. The smallest absolute Gasteiger partial charge is 0.236 e. The van der Waals surface area contributed by atoms with Crippen molar-refractivity contribution in [2.75, 3.05) is 33.7 Å².